The average Bonchev–Trinajstić information content (AvgIpc) is 2.56. The van der Waals surface area contributed by atoms with Crippen molar-refractivity contribution in [3.63, 3.8) is 0 Å². The van der Waals surface area contributed by atoms with Crippen LogP contribution in [0, 0.1) is 0 Å². The highest BCUT2D eigenvalue weighted by atomic mass is 19.4. The topological polar surface area (TPSA) is 53.1 Å². The summed E-state index contributed by atoms with van der Waals surface area (Å²) in [5.74, 6) is -0.377. The predicted molar refractivity (Wildman–Crippen MR) is 104 cm³/mol. The number of halogens is 3. The molecule has 1 aromatic rings. The number of hydrogen-bond donors (Lipinski definition) is 0. The molecule has 0 heterocycles. The van der Waals surface area contributed by atoms with E-state index in [9.17, 15) is 22.8 Å². The molecule has 0 aliphatic heterocycles. The summed E-state index contributed by atoms with van der Waals surface area (Å²) in [5.41, 5.74) is -1.09. The maximum absolute atomic E-state index is 13.0. The van der Waals surface area contributed by atoms with Gasteiger partial charge in [-0.15, -0.1) is 0 Å². The minimum Gasteiger partial charge on any atom is -0.444 e. The number of carbonyl (C=O) groups is 2. The molecule has 0 aliphatic rings. The van der Waals surface area contributed by atoms with E-state index in [1.165, 1.54) is 18.0 Å². The summed E-state index contributed by atoms with van der Waals surface area (Å²) >= 11 is 0. The van der Waals surface area contributed by atoms with Gasteiger partial charge in [-0.25, -0.2) is 4.79 Å². The van der Waals surface area contributed by atoms with Crippen LogP contribution in [0.1, 0.15) is 31.9 Å². The number of likely N-dealkylation sites (N-methyl/N-ethyl adjacent to an activating group) is 2. The summed E-state index contributed by atoms with van der Waals surface area (Å²) in [6, 6.07) is 4.89. The van der Waals surface area contributed by atoms with Gasteiger partial charge in [0, 0.05) is 26.7 Å². The molecule has 0 saturated heterocycles. The van der Waals surface area contributed by atoms with E-state index in [2.05, 4.69) is 0 Å². The van der Waals surface area contributed by atoms with Crippen LogP contribution in [-0.2, 0) is 22.3 Å². The lowest BCUT2D eigenvalue weighted by molar-refractivity contribution is -0.137. The maximum atomic E-state index is 13.0. The molecule has 0 N–H and O–H groups in total. The highest BCUT2D eigenvalue weighted by Gasteiger charge is 2.30. The van der Waals surface area contributed by atoms with E-state index in [-0.39, 0.29) is 19.0 Å². The third kappa shape index (κ3) is 9.17. The number of ether oxygens (including phenoxy) is 1. The molecule has 0 aromatic heterocycles. The lowest BCUT2D eigenvalue weighted by Gasteiger charge is -2.28. The zero-order valence-electron chi connectivity index (χ0n) is 17.8. The Balaban J connectivity index is 2.92. The molecule has 1 aromatic carbocycles. The third-order valence-corrected chi connectivity index (χ3v) is 3.88. The molecule has 0 aliphatic carbocycles. The number of nitrogens with zero attached hydrogens (tertiary/aromatic N) is 3. The normalized spacial score (nSPS) is 12.1. The fourth-order valence-electron chi connectivity index (χ4n) is 2.39. The van der Waals surface area contributed by atoms with Crippen LogP contribution in [0.25, 0.3) is 0 Å². The molecule has 1 rings (SSSR count). The van der Waals surface area contributed by atoms with Gasteiger partial charge in [0.25, 0.3) is 0 Å². The van der Waals surface area contributed by atoms with E-state index < -0.39 is 23.4 Å². The summed E-state index contributed by atoms with van der Waals surface area (Å²) in [4.78, 5) is 29.3. The third-order valence-electron chi connectivity index (χ3n) is 3.88. The molecule has 0 spiro atoms. The first-order valence-electron chi connectivity index (χ1n) is 9.22. The summed E-state index contributed by atoms with van der Waals surface area (Å²) in [6.45, 7) is 5.78. The number of carbonyl (C=O) groups excluding carboxylic acids is 2. The number of rotatable bonds is 7. The van der Waals surface area contributed by atoms with Crippen LogP contribution in [0.3, 0.4) is 0 Å². The molecule has 0 fully saturated rings. The van der Waals surface area contributed by atoms with Gasteiger partial charge in [0.05, 0.1) is 5.56 Å². The Morgan fingerprint density at radius 3 is 2.17 bits per heavy atom. The summed E-state index contributed by atoms with van der Waals surface area (Å²) in [6.07, 6.45) is -5.09. The Labute approximate surface area is 170 Å². The number of alkyl halides is 3. The van der Waals surface area contributed by atoms with Gasteiger partial charge in [0.2, 0.25) is 5.91 Å². The SMILES string of the molecule is CN(C)CCN(Cc1cccc(C(F)(F)F)c1)C(=O)CN(C)C(=O)OC(C)(C)C. The Morgan fingerprint density at radius 1 is 1.03 bits per heavy atom. The van der Waals surface area contributed by atoms with Gasteiger partial charge in [-0.1, -0.05) is 12.1 Å². The standard InChI is InChI=1S/C20H30F3N3O3/c1-19(2,3)29-18(28)25(6)14-17(27)26(11-10-24(4)5)13-15-8-7-9-16(12-15)20(21,22)23/h7-9,12H,10-11,13-14H2,1-6H3. The van der Waals surface area contributed by atoms with Gasteiger partial charge in [0.15, 0.2) is 0 Å². The second-order valence-electron chi connectivity index (χ2n) is 8.15. The minimum absolute atomic E-state index is 0.0127. The van der Waals surface area contributed by atoms with Crippen molar-refractivity contribution in [2.45, 2.75) is 39.1 Å². The van der Waals surface area contributed by atoms with Crippen molar-refractivity contribution in [1.82, 2.24) is 14.7 Å². The van der Waals surface area contributed by atoms with Gasteiger partial charge >= 0.3 is 12.3 Å². The minimum atomic E-state index is -4.45. The van der Waals surface area contributed by atoms with Crippen molar-refractivity contribution in [3.8, 4) is 0 Å². The molecule has 164 valence electrons. The Bertz CT molecular complexity index is 700. The molecule has 0 unspecified atom stereocenters. The van der Waals surface area contributed by atoms with Crippen molar-refractivity contribution >= 4 is 12.0 Å². The molecule has 6 nitrogen and oxygen atoms in total. The van der Waals surface area contributed by atoms with E-state index in [1.54, 1.807) is 26.8 Å². The molecule has 0 bridgehead atoms. The lowest BCUT2D eigenvalue weighted by atomic mass is 10.1. The van der Waals surface area contributed by atoms with Gasteiger partial charge in [-0.05, 0) is 52.6 Å². The molecule has 29 heavy (non-hydrogen) atoms. The molecular weight excluding hydrogens is 387 g/mol. The van der Waals surface area contributed by atoms with Crippen LogP contribution in [0.2, 0.25) is 0 Å². The van der Waals surface area contributed by atoms with Crippen molar-refractivity contribution in [3.05, 3.63) is 35.4 Å². The first-order chi connectivity index (χ1) is 13.2. The van der Waals surface area contributed by atoms with Crippen molar-refractivity contribution in [2.75, 3.05) is 40.8 Å². The molecule has 2 amide bonds. The maximum Gasteiger partial charge on any atom is 0.416 e. The van der Waals surface area contributed by atoms with Crippen LogP contribution >= 0.6 is 0 Å². The summed E-state index contributed by atoms with van der Waals surface area (Å²) < 4.78 is 44.1. The monoisotopic (exact) mass is 417 g/mol. The van der Waals surface area contributed by atoms with Crippen LogP contribution < -0.4 is 0 Å². The van der Waals surface area contributed by atoms with E-state index in [0.717, 1.165) is 17.0 Å². The summed E-state index contributed by atoms with van der Waals surface area (Å²) in [7, 11) is 5.11. The van der Waals surface area contributed by atoms with Crippen molar-refractivity contribution in [1.29, 1.82) is 0 Å². The first-order valence-corrected chi connectivity index (χ1v) is 9.22. The lowest BCUT2D eigenvalue weighted by Crippen LogP contribution is -2.44. The Morgan fingerprint density at radius 2 is 1.66 bits per heavy atom. The molecule has 0 saturated carbocycles. The number of hydrogen-bond acceptors (Lipinski definition) is 4. The smallest absolute Gasteiger partial charge is 0.416 e. The van der Waals surface area contributed by atoms with Gasteiger partial charge in [-0.2, -0.15) is 13.2 Å². The van der Waals surface area contributed by atoms with Gasteiger partial charge in [-0.3, -0.25) is 4.79 Å². The number of benzene rings is 1. The zero-order chi connectivity index (χ0) is 22.4. The van der Waals surface area contributed by atoms with Crippen molar-refractivity contribution in [2.24, 2.45) is 0 Å². The van der Waals surface area contributed by atoms with E-state index in [0.29, 0.717) is 18.7 Å². The predicted octanol–water partition coefficient (Wildman–Crippen LogP) is 3.46. The zero-order valence-corrected chi connectivity index (χ0v) is 17.8. The highest BCUT2D eigenvalue weighted by molar-refractivity contribution is 5.82. The van der Waals surface area contributed by atoms with Crippen LogP contribution in [0.5, 0.6) is 0 Å². The van der Waals surface area contributed by atoms with E-state index in [1.807, 2.05) is 19.0 Å². The molecule has 0 atom stereocenters. The first kappa shape index (κ1) is 24.7. The van der Waals surface area contributed by atoms with Crippen LogP contribution in [-0.4, -0.2) is 73.1 Å². The highest BCUT2D eigenvalue weighted by Crippen LogP contribution is 2.29. The second-order valence-corrected chi connectivity index (χ2v) is 8.15. The number of amides is 2. The fourth-order valence-corrected chi connectivity index (χ4v) is 2.39. The second kappa shape index (κ2) is 9.96. The Kier molecular flexibility index (Phi) is 8.50. The van der Waals surface area contributed by atoms with Crippen molar-refractivity contribution < 1.29 is 27.5 Å². The molecule has 0 radical (unpaired) electrons. The largest absolute Gasteiger partial charge is 0.444 e. The molecule has 9 heteroatoms. The molecular formula is C20H30F3N3O3. The van der Waals surface area contributed by atoms with Crippen LogP contribution in [0.4, 0.5) is 18.0 Å². The average molecular weight is 417 g/mol. The van der Waals surface area contributed by atoms with Crippen LogP contribution in [0.15, 0.2) is 24.3 Å². The van der Waals surface area contributed by atoms with E-state index >= 15 is 0 Å². The van der Waals surface area contributed by atoms with Gasteiger partial charge in [0.1, 0.15) is 12.1 Å². The quantitative estimate of drug-likeness (QED) is 0.682. The summed E-state index contributed by atoms with van der Waals surface area (Å²) in [5, 5.41) is 0. The fraction of sp³-hybridized carbons (Fsp3) is 0.600. The van der Waals surface area contributed by atoms with E-state index in [4.69, 9.17) is 4.74 Å². The van der Waals surface area contributed by atoms with Gasteiger partial charge < -0.3 is 19.4 Å². The Hall–Kier alpha value is -2.29.